The zero-order chi connectivity index (χ0) is 19.0. The molecule has 3 heterocycles. The third-order valence-corrected chi connectivity index (χ3v) is 5.24. The summed E-state index contributed by atoms with van der Waals surface area (Å²) < 4.78 is 7.93. The van der Waals surface area contributed by atoms with Gasteiger partial charge in [0.1, 0.15) is 16.7 Å². The smallest absolute Gasteiger partial charge is 0.198 e. The van der Waals surface area contributed by atoms with E-state index in [0.717, 1.165) is 43.1 Å². The molecule has 9 heteroatoms. The molecule has 0 spiro atoms. The number of piperidine rings is 1. The van der Waals surface area contributed by atoms with E-state index in [4.69, 9.17) is 4.74 Å². The average Bonchev–Trinajstić information content (AvgIpc) is 3.10. The van der Waals surface area contributed by atoms with Crippen LogP contribution in [0.2, 0.25) is 0 Å². The number of aliphatic hydroxyl groups is 1. The lowest BCUT2D eigenvalue weighted by Crippen LogP contribution is -2.42. The van der Waals surface area contributed by atoms with Gasteiger partial charge in [-0.3, -0.25) is 0 Å². The van der Waals surface area contributed by atoms with Crippen LogP contribution >= 0.6 is 15.9 Å². The van der Waals surface area contributed by atoms with Crippen molar-refractivity contribution in [1.82, 2.24) is 19.6 Å². The van der Waals surface area contributed by atoms with Crippen LogP contribution in [0.5, 0.6) is 5.75 Å². The van der Waals surface area contributed by atoms with Crippen LogP contribution < -0.4 is 15.0 Å². The topological polar surface area (TPSA) is 87.8 Å². The summed E-state index contributed by atoms with van der Waals surface area (Å²) in [7, 11) is 1.66. The second-order valence-electron chi connectivity index (χ2n) is 6.94. The third kappa shape index (κ3) is 3.70. The lowest BCUT2D eigenvalue weighted by atomic mass is 9.93. The molecule has 0 radical (unpaired) electrons. The molecule has 0 bridgehead atoms. The first kappa shape index (κ1) is 18.0. The molecule has 2 aromatic heterocycles. The molecule has 0 amide bonds. The Balaban J connectivity index is 1.60. The summed E-state index contributed by atoms with van der Waals surface area (Å²) in [5.41, 5.74) is 1.92. The van der Waals surface area contributed by atoms with E-state index in [0.29, 0.717) is 16.1 Å². The van der Waals surface area contributed by atoms with Crippen molar-refractivity contribution in [1.29, 1.82) is 0 Å². The number of nitrogens with zero attached hydrogens (tertiary/aromatic N) is 5. The Morgan fingerprint density at radius 2 is 2.07 bits per heavy atom. The number of benzene rings is 1. The first-order chi connectivity index (χ1) is 12.9. The molecule has 27 heavy (non-hydrogen) atoms. The second-order valence-corrected chi connectivity index (χ2v) is 7.75. The molecule has 3 aromatic rings. The molecule has 8 nitrogen and oxygen atoms in total. The Hall–Kier alpha value is -2.39. The molecule has 1 aromatic carbocycles. The lowest BCUT2D eigenvalue weighted by Gasteiger charge is -2.37. The number of rotatable bonds is 4. The molecule has 1 aliphatic rings. The van der Waals surface area contributed by atoms with Crippen molar-refractivity contribution in [2.75, 3.05) is 30.4 Å². The highest BCUT2D eigenvalue weighted by molar-refractivity contribution is 9.10. The first-order valence-corrected chi connectivity index (χ1v) is 9.53. The van der Waals surface area contributed by atoms with E-state index in [2.05, 4.69) is 41.2 Å². The molecular formula is C18H21BrN6O2. The van der Waals surface area contributed by atoms with E-state index in [1.807, 2.05) is 25.1 Å². The van der Waals surface area contributed by atoms with Gasteiger partial charge in [0.05, 0.1) is 24.6 Å². The molecule has 1 aliphatic heterocycles. The van der Waals surface area contributed by atoms with Gasteiger partial charge in [0.25, 0.3) is 0 Å². The predicted octanol–water partition coefficient (Wildman–Crippen LogP) is 2.99. The van der Waals surface area contributed by atoms with E-state index in [-0.39, 0.29) is 0 Å². The van der Waals surface area contributed by atoms with Gasteiger partial charge >= 0.3 is 0 Å². The molecule has 0 atom stereocenters. The molecule has 1 saturated heterocycles. The van der Waals surface area contributed by atoms with Crippen molar-refractivity contribution >= 4 is 38.8 Å². The van der Waals surface area contributed by atoms with Crippen molar-refractivity contribution < 1.29 is 9.84 Å². The van der Waals surface area contributed by atoms with Crippen LogP contribution in [0.3, 0.4) is 0 Å². The van der Waals surface area contributed by atoms with E-state index >= 15 is 0 Å². The molecule has 0 aliphatic carbocycles. The fraction of sp³-hybridized carbons (Fsp3) is 0.389. The number of hydrogen-bond acceptors (Lipinski definition) is 7. The Morgan fingerprint density at radius 1 is 1.30 bits per heavy atom. The summed E-state index contributed by atoms with van der Waals surface area (Å²) in [5.74, 6) is 1.37. The summed E-state index contributed by atoms with van der Waals surface area (Å²) >= 11 is 3.39. The van der Waals surface area contributed by atoms with Crippen LogP contribution in [0.1, 0.15) is 19.8 Å². The van der Waals surface area contributed by atoms with Gasteiger partial charge in [-0.05, 0) is 47.8 Å². The number of methoxy groups -OCH3 is 1. The summed E-state index contributed by atoms with van der Waals surface area (Å²) in [4.78, 5) is 10.9. The van der Waals surface area contributed by atoms with Gasteiger partial charge in [-0.1, -0.05) is 0 Å². The predicted molar refractivity (Wildman–Crippen MR) is 107 cm³/mol. The maximum atomic E-state index is 10.2. The molecule has 142 valence electrons. The number of aromatic nitrogens is 4. The van der Waals surface area contributed by atoms with E-state index in [9.17, 15) is 5.11 Å². The van der Waals surface area contributed by atoms with Crippen molar-refractivity contribution in [2.45, 2.75) is 25.4 Å². The van der Waals surface area contributed by atoms with Crippen LogP contribution in [0.4, 0.5) is 17.2 Å². The minimum Gasteiger partial charge on any atom is -0.495 e. The van der Waals surface area contributed by atoms with Gasteiger partial charge in [-0.25, -0.2) is 14.5 Å². The summed E-state index contributed by atoms with van der Waals surface area (Å²) in [6.07, 6.45) is 4.72. The zero-order valence-corrected chi connectivity index (χ0v) is 16.8. The quantitative estimate of drug-likeness (QED) is 0.654. The van der Waals surface area contributed by atoms with Crippen LogP contribution in [0.25, 0.3) is 5.65 Å². The van der Waals surface area contributed by atoms with Crippen molar-refractivity contribution in [2.24, 2.45) is 0 Å². The van der Waals surface area contributed by atoms with Gasteiger partial charge in [0.15, 0.2) is 11.5 Å². The third-order valence-electron chi connectivity index (χ3n) is 4.86. The maximum absolute atomic E-state index is 10.2. The number of hydrogen-bond donors (Lipinski definition) is 2. The van der Waals surface area contributed by atoms with E-state index < -0.39 is 5.60 Å². The molecule has 0 saturated carbocycles. The SMILES string of the molecule is COc1cc(Nc2nc(Br)cn3ncnc23)ccc1N1CCC(C)(O)CC1. The normalized spacial score (nSPS) is 16.5. The summed E-state index contributed by atoms with van der Waals surface area (Å²) in [5, 5.41) is 17.6. The number of anilines is 3. The average molecular weight is 433 g/mol. The Bertz CT molecular complexity index is 964. The maximum Gasteiger partial charge on any atom is 0.198 e. The standard InChI is InChI=1S/C18H21BrN6O2/c1-18(26)5-7-24(8-6-18)13-4-3-12(9-14(13)27-2)22-16-17-20-11-21-25(17)10-15(19)23-16/h3-4,9-11,26H,5-8H2,1-2H3,(H,22,23). The molecule has 2 N–H and O–H groups in total. The van der Waals surface area contributed by atoms with Crippen LogP contribution in [-0.2, 0) is 0 Å². The Kier molecular flexibility index (Phi) is 4.65. The van der Waals surface area contributed by atoms with Gasteiger partial charge in [0, 0.05) is 24.8 Å². The number of nitrogens with one attached hydrogen (secondary N) is 1. The Labute approximate surface area is 165 Å². The highest BCUT2D eigenvalue weighted by atomic mass is 79.9. The minimum absolute atomic E-state index is 0.582. The van der Waals surface area contributed by atoms with E-state index in [1.165, 1.54) is 6.33 Å². The van der Waals surface area contributed by atoms with Gasteiger partial charge in [-0.2, -0.15) is 5.10 Å². The highest BCUT2D eigenvalue weighted by Crippen LogP contribution is 2.35. The number of ether oxygens (including phenoxy) is 1. The van der Waals surface area contributed by atoms with Crippen LogP contribution in [0.15, 0.2) is 35.3 Å². The fourth-order valence-corrected chi connectivity index (χ4v) is 3.64. The van der Waals surface area contributed by atoms with Crippen LogP contribution in [-0.4, -0.2) is 50.5 Å². The van der Waals surface area contributed by atoms with Gasteiger partial charge in [0.2, 0.25) is 0 Å². The second kappa shape index (κ2) is 6.97. The van der Waals surface area contributed by atoms with Gasteiger partial charge in [-0.15, -0.1) is 0 Å². The molecular weight excluding hydrogens is 412 g/mol. The van der Waals surface area contributed by atoms with Crippen molar-refractivity contribution in [3.05, 3.63) is 35.3 Å². The van der Waals surface area contributed by atoms with E-state index in [1.54, 1.807) is 17.8 Å². The molecule has 0 unspecified atom stereocenters. The first-order valence-electron chi connectivity index (χ1n) is 8.73. The lowest BCUT2D eigenvalue weighted by molar-refractivity contribution is 0.0350. The van der Waals surface area contributed by atoms with Crippen molar-refractivity contribution in [3.8, 4) is 5.75 Å². The summed E-state index contributed by atoms with van der Waals surface area (Å²) in [6, 6.07) is 5.96. The highest BCUT2D eigenvalue weighted by Gasteiger charge is 2.28. The van der Waals surface area contributed by atoms with Crippen LogP contribution in [0, 0.1) is 0 Å². The zero-order valence-electron chi connectivity index (χ0n) is 15.2. The monoisotopic (exact) mass is 432 g/mol. The summed E-state index contributed by atoms with van der Waals surface area (Å²) in [6.45, 7) is 3.48. The Morgan fingerprint density at radius 3 is 2.81 bits per heavy atom. The number of halogens is 1. The van der Waals surface area contributed by atoms with Crippen molar-refractivity contribution in [3.63, 3.8) is 0 Å². The fourth-order valence-electron chi connectivity index (χ4n) is 3.27. The molecule has 1 fully saturated rings. The largest absolute Gasteiger partial charge is 0.495 e. The minimum atomic E-state index is -0.582. The molecule has 4 rings (SSSR count). The van der Waals surface area contributed by atoms with Gasteiger partial charge < -0.3 is 20.1 Å². The number of fused-ring (bicyclic) bond motifs is 1.